The van der Waals surface area contributed by atoms with Gasteiger partial charge in [0.2, 0.25) is 10.0 Å². The minimum atomic E-state index is -3.32. The summed E-state index contributed by atoms with van der Waals surface area (Å²) in [6, 6.07) is 5.76. The van der Waals surface area contributed by atoms with E-state index < -0.39 is 10.0 Å². The van der Waals surface area contributed by atoms with E-state index in [0.29, 0.717) is 38.1 Å². The minimum Gasteiger partial charge on any atom is -0.370 e. The van der Waals surface area contributed by atoms with Gasteiger partial charge in [-0.25, -0.2) is 13.4 Å². The van der Waals surface area contributed by atoms with Crippen LogP contribution < -0.4 is 10.6 Å². The van der Waals surface area contributed by atoms with Crippen molar-refractivity contribution in [2.24, 2.45) is 16.6 Å². The number of hydrogen-bond donors (Lipinski definition) is 1. The second-order valence-corrected chi connectivity index (χ2v) is 9.41. The lowest BCUT2D eigenvalue weighted by Crippen LogP contribution is -2.49. The van der Waals surface area contributed by atoms with E-state index in [-0.39, 0.29) is 36.3 Å². The lowest BCUT2D eigenvalue weighted by atomic mass is 10.0. The number of anilines is 1. The molecule has 0 saturated carbocycles. The molecule has 2 saturated heterocycles. The van der Waals surface area contributed by atoms with Crippen molar-refractivity contribution in [3.05, 3.63) is 24.4 Å². The molecule has 0 aliphatic carbocycles. The molecule has 3 rings (SSSR count). The fourth-order valence-electron chi connectivity index (χ4n) is 3.64. The first kappa shape index (κ1) is 23.1. The quantitative estimate of drug-likeness (QED) is 0.355. The van der Waals surface area contributed by atoms with Crippen LogP contribution in [-0.4, -0.2) is 80.1 Å². The Kier molecular flexibility index (Phi) is 8.75. The fourth-order valence-corrected chi connectivity index (χ4v) is 4.94. The van der Waals surface area contributed by atoms with E-state index in [1.165, 1.54) is 6.42 Å². The Morgan fingerprint density at radius 1 is 1.25 bits per heavy atom. The number of pyridine rings is 1. The maximum absolute atomic E-state index is 12.6. The highest BCUT2D eigenvalue weighted by atomic mass is 127. The average Bonchev–Trinajstić information content (AvgIpc) is 2.68. The van der Waals surface area contributed by atoms with Crippen LogP contribution in [0.4, 0.5) is 5.82 Å². The van der Waals surface area contributed by atoms with E-state index in [9.17, 15) is 8.42 Å². The highest BCUT2D eigenvalue weighted by molar-refractivity contribution is 14.0. The van der Waals surface area contributed by atoms with E-state index >= 15 is 0 Å². The zero-order valence-corrected chi connectivity index (χ0v) is 19.6. The van der Waals surface area contributed by atoms with Crippen LogP contribution in [0.2, 0.25) is 0 Å². The van der Waals surface area contributed by atoms with Gasteiger partial charge in [-0.15, -0.1) is 24.0 Å². The second-order valence-electron chi connectivity index (χ2n) is 7.32. The van der Waals surface area contributed by atoms with Gasteiger partial charge in [0.05, 0.1) is 12.3 Å². The van der Waals surface area contributed by atoms with E-state index in [1.54, 1.807) is 10.5 Å². The van der Waals surface area contributed by atoms with Crippen molar-refractivity contribution in [2.45, 2.75) is 19.8 Å². The Bertz CT molecular complexity index is 738. The second kappa shape index (κ2) is 10.6. The number of nitrogens with two attached hydrogens (primary N) is 1. The Labute approximate surface area is 185 Å². The van der Waals surface area contributed by atoms with E-state index in [4.69, 9.17) is 5.73 Å². The molecule has 0 aromatic carbocycles. The number of guanidine groups is 1. The molecule has 2 aliphatic heterocycles. The number of piperidine rings is 1. The standard InChI is InChI=1S/C18H30N6O2S.HI/c1-16-5-4-9-23(15-16)18(19)21-8-14-27(25,26)24-12-10-22(11-13-24)17-6-2-3-7-20-17;/h2-3,6-7,16H,4-5,8-15H2,1H3,(H2,19,21);1H. The van der Waals surface area contributed by atoms with E-state index in [0.717, 1.165) is 25.3 Å². The molecule has 0 radical (unpaired) electrons. The van der Waals surface area contributed by atoms with Crippen molar-refractivity contribution in [1.29, 1.82) is 0 Å². The summed E-state index contributed by atoms with van der Waals surface area (Å²) in [5, 5.41) is 0. The Hall–Kier alpha value is -1.14. The van der Waals surface area contributed by atoms with Crippen molar-refractivity contribution < 1.29 is 8.42 Å². The molecule has 10 heteroatoms. The van der Waals surface area contributed by atoms with Crippen molar-refractivity contribution in [3.63, 3.8) is 0 Å². The molecule has 3 heterocycles. The maximum Gasteiger partial charge on any atom is 0.216 e. The number of nitrogens with zero attached hydrogens (tertiary/aromatic N) is 5. The van der Waals surface area contributed by atoms with Crippen LogP contribution in [0.15, 0.2) is 29.4 Å². The number of sulfonamides is 1. The largest absolute Gasteiger partial charge is 0.370 e. The first-order valence-electron chi connectivity index (χ1n) is 9.64. The molecule has 1 atom stereocenters. The predicted octanol–water partition coefficient (Wildman–Crippen LogP) is 1.20. The van der Waals surface area contributed by atoms with Crippen molar-refractivity contribution >= 4 is 45.8 Å². The molecule has 0 spiro atoms. The molecule has 2 N–H and O–H groups in total. The summed E-state index contributed by atoms with van der Waals surface area (Å²) in [7, 11) is -3.32. The summed E-state index contributed by atoms with van der Waals surface area (Å²) >= 11 is 0. The molecule has 1 aromatic rings. The number of hydrogen-bond acceptors (Lipinski definition) is 5. The van der Waals surface area contributed by atoms with Gasteiger partial charge in [-0.3, -0.25) is 4.99 Å². The summed E-state index contributed by atoms with van der Waals surface area (Å²) in [4.78, 5) is 12.8. The van der Waals surface area contributed by atoms with Crippen LogP contribution in [0.5, 0.6) is 0 Å². The van der Waals surface area contributed by atoms with Crippen molar-refractivity contribution in [1.82, 2.24) is 14.2 Å². The fraction of sp³-hybridized carbons (Fsp3) is 0.667. The highest BCUT2D eigenvalue weighted by Gasteiger charge is 2.27. The highest BCUT2D eigenvalue weighted by Crippen LogP contribution is 2.16. The van der Waals surface area contributed by atoms with Crippen molar-refractivity contribution in [2.75, 3.05) is 56.5 Å². The third-order valence-corrected chi connectivity index (χ3v) is 7.06. The summed E-state index contributed by atoms with van der Waals surface area (Å²) in [6.07, 6.45) is 4.07. The summed E-state index contributed by atoms with van der Waals surface area (Å²) < 4.78 is 26.8. The average molecular weight is 522 g/mol. The molecule has 1 unspecified atom stereocenters. The van der Waals surface area contributed by atoms with Gasteiger partial charge < -0.3 is 15.5 Å². The smallest absolute Gasteiger partial charge is 0.216 e. The van der Waals surface area contributed by atoms with Gasteiger partial charge in [0.1, 0.15) is 5.82 Å². The lowest BCUT2D eigenvalue weighted by molar-refractivity contribution is 0.270. The van der Waals surface area contributed by atoms with Crippen LogP contribution in [0.25, 0.3) is 0 Å². The zero-order valence-electron chi connectivity index (χ0n) is 16.4. The summed E-state index contributed by atoms with van der Waals surface area (Å²) in [5.74, 6) is 1.96. The number of likely N-dealkylation sites (tertiary alicyclic amines) is 1. The van der Waals surface area contributed by atoms with Gasteiger partial charge in [-0.05, 0) is 30.9 Å². The van der Waals surface area contributed by atoms with Crippen LogP contribution >= 0.6 is 24.0 Å². The molecule has 2 fully saturated rings. The third kappa shape index (κ3) is 6.18. The molecular formula is C18H31IN6O2S. The number of piperazine rings is 1. The van der Waals surface area contributed by atoms with Crippen LogP contribution in [0.3, 0.4) is 0 Å². The molecular weight excluding hydrogens is 491 g/mol. The monoisotopic (exact) mass is 522 g/mol. The molecule has 0 bridgehead atoms. The molecule has 8 nitrogen and oxygen atoms in total. The van der Waals surface area contributed by atoms with Gasteiger partial charge in [0.15, 0.2) is 5.96 Å². The van der Waals surface area contributed by atoms with Crippen LogP contribution in [0.1, 0.15) is 19.8 Å². The summed E-state index contributed by atoms with van der Waals surface area (Å²) in [5.41, 5.74) is 6.05. The van der Waals surface area contributed by atoms with Crippen molar-refractivity contribution in [3.8, 4) is 0 Å². The topological polar surface area (TPSA) is 95.1 Å². The first-order chi connectivity index (χ1) is 13.0. The molecule has 1 aromatic heterocycles. The Morgan fingerprint density at radius 2 is 2.00 bits per heavy atom. The number of rotatable bonds is 5. The van der Waals surface area contributed by atoms with Gasteiger partial charge >= 0.3 is 0 Å². The number of aliphatic imine (C=N–C) groups is 1. The van der Waals surface area contributed by atoms with E-state index in [1.807, 2.05) is 18.2 Å². The molecule has 28 heavy (non-hydrogen) atoms. The zero-order chi connectivity index (χ0) is 19.3. The Morgan fingerprint density at radius 3 is 2.64 bits per heavy atom. The van der Waals surface area contributed by atoms with Crippen LogP contribution in [0, 0.1) is 5.92 Å². The SMILES string of the molecule is CC1CCCN(C(N)=NCCS(=O)(=O)N2CCN(c3ccccn3)CC2)C1.I. The predicted molar refractivity (Wildman–Crippen MR) is 124 cm³/mol. The van der Waals surface area contributed by atoms with E-state index in [2.05, 4.69) is 26.7 Å². The first-order valence-corrected chi connectivity index (χ1v) is 11.3. The molecule has 0 amide bonds. The molecule has 2 aliphatic rings. The normalized spacial score (nSPS) is 22.0. The molecule has 158 valence electrons. The summed E-state index contributed by atoms with van der Waals surface area (Å²) in [6.45, 7) is 6.46. The van der Waals surface area contributed by atoms with Gasteiger partial charge in [0, 0.05) is 45.5 Å². The van der Waals surface area contributed by atoms with Crippen LogP contribution in [-0.2, 0) is 10.0 Å². The van der Waals surface area contributed by atoms with Gasteiger partial charge in [-0.1, -0.05) is 13.0 Å². The van der Waals surface area contributed by atoms with Gasteiger partial charge in [0.25, 0.3) is 0 Å². The number of aromatic nitrogens is 1. The van der Waals surface area contributed by atoms with Gasteiger partial charge in [-0.2, -0.15) is 4.31 Å². The third-order valence-electron chi connectivity index (χ3n) is 5.21. The lowest BCUT2D eigenvalue weighted by Gasteiger charge is -2.34. The minimum absolute atomic E-state index is 0. The number of halogens is 1. The maximum atomic E-state index is 12.6. The Balaban J connectivity index is 0.00000280.